The molecule has 1 aromatic rings. The summed E-state index contributed by atoms with van der Waals surface area (Å²) >= 11 is 6.03. The van der Waals surface area contributed by atoms with E-state index < -0.39 is 0 Å². The van der Waals surface area contributed by atoms with Crippen LogP contribution in [0.3, 0.4) is 0 Å². The van der Waals surface area contributed by atoms with E-state index in [9.17, 15) is 4.79 Å². The number of hydrogen-bond donors (Lipinski definition) is 2. The van der Waals surface area contributed by atoms with Gasteiger partial charge in [-0.05, 0) is 32.9 Å². The Labute approximate surface area is 124 Å². The lowest BCUT2D eigenvalue weighted by Gasteiger charge is -2.16. The lowest BCUT2D eigenvalue weighted by molar-refractivity contribution is 0.0949. The zero-order valence-corrected chi connectivity index (χ0v) is 12.7. The van der Waals surface area contributed by atoms with Crippen LogP contribution in [0.25, 0.3) is 0 Å². The topological polar surface area (TPSA) is 57.3 Å². The fraction of sp³-hybridized carbons (Fsp3) is 0.571. The van der Waals surface area contributed by atoms with E-state index in [1.54, 1.807) is 6.07 Å². The zero-order chi connectivity index (χ0) is 14.5. The molecule has 0 bridgehead atoms. The number of carbonyl (C=O) groups is 1. The second-order valence-electron chi connectivity index (χ2n) is 5.05. The van der Waals surface area contributed by atoms with Crippen LogP contribution in [0.4, 0.5) is 5.82 Å². The first-order valence-electron chi connectivity index (χ1n) is 6.99. The molecule has 2 N–H and O–H groups in total. The van der Waals surface area contributed by atoms with Crippen LogP contribution in [0.5, 0.6) is 0 Å². The van der Waals surface area contributed by atoms with Crippen molar-refractivity contribution in [2.45, 2.75) is 25.8 Å². The van der Waals surface area contributed by atoms with Crippen LogP contribution in [-0.2, 0) is 0 Å². The third-order valence-corrected chi connectivity index (χ3v) is 3.68. The summed E-state index contributed by atoms with van der Waals surface area (Å²) < 4.78 is 0. The highest BCUT2D eigenvalue weighted by molar-refractivity contribution is 6.33. The van der Waals surface area contributed by atoms with Crippen molar-refractivity contribution in [2.75, 3.05) is 32.0 Å². The number of nitrogens with zero attached hydrogens (tertiary/aromatic N) is 2. The average molecular weight is 297 g/mol. The molecule has 1 aromatic heterocycles. The Morgan fingerprint density at radius 3 is 2.95 bits per heavy atom. The summed E-state index contributed by atoms with van der Waals surface area (Å²) in [6, 6.07) is 2.39. The van der Waals surface area contributed by atoms with Gasteiger partial charge in [0.15, 0.2) is 0 Å². The predicted octanol–water partition coefficient (Wildman–Crippen LogP) is 1.99. The molecule has 5 nitrogen and oxygen atoms in total. The Balaban J connectivity index is 1.88. The Hall–Kier alpha value is -1.33. The van der Waals surface area contributed by atoms with Gasteiger partial charge in [-0.2, -0.15) is 0 Å². The number of pyridine rings is 1. The molecule has 0 spiro atoms. The van der Waals surface area contributed by atoms with Crippen molar-refractivity contribution in [3.8, 4) is 0 Å². The summed E-state index contributed by atoms with van der Waals surface area (Å²) in [5.41, 5.74) is 0.465. The maximum absolute atomic E-state index is 12.1. The van der Waals surface area contributed by atoms with Gasteiger partial charge in [0, 0.05) is 31.9 Å². The standard InChI is InChI=1S/C14H21ClN4O/c1-3-16-13-8-11(12(15)9-18-13)14(20)17-6-7-19(2)10-4-5-10/h8-10H,3-7H2,1-2H3,(H,16,18)(H,17,20). The largest absolute Gasteiger partial charge is 0.370 e. The van der Waals surface area contributed by atoms with Crippen LogP contribution in [0.2, 0.25) is 5.02 Å². The molecule has 0 aliphatic heterocycles. The van der Waals surface area contributed by atoms with Crippen molar-refractivity contribution >= 4 is 23.3 Å². The van der Waals surface area contributed by atoms with Crippen molar-refractivity contribution in [2.24, 2.45) is 0 Å². The number of nitrogens with one attached hydrogen (secondary N) is 2. The Morgan fingerprint density at radius 2 is 2.30 bits per heavy atom. The first-order valence-corrected chi connectivity index (χ1v) is 7.37. The highest BCUT2D eigenvalue weighted by Crippen LogP contribution is 2.24. The number of amides is 1. The molecule has 2 rings (SSSR count). The van der Waals surface area contributed by atoms with Gasteiger partial charge < -0.3 is 15.5 Å². The normalized spacial score (nSPS) is 14.4. The second kappa shape index (κ2) is 6.90. The molecule has 1 heterocycles. The number of aromatic nitrogens is 1. The number of hydrogen-bond acceptors (Lipinski definition) is 4. The van der Waals surface area contributed by atoms with Crippen molar-refractivity contribution in [1.29, 1.82) is 0 Å². The summed E-state index contributed by atoms with van der Waals surface area (Å²) in [5.74, 6) is 0.512. The molecule has 0 saturated heterocycles. The summed E-state index contributed by atoms with van der Waals surface area (Å²) in [6.07, 6.45) is 4.05. The van der Waals surface area contributed by atoms with Crippen LogP contribution in [-0.4, -0.2) is 48.5 Å². The van der Waals surface area contributed by atoms with Crippen LogP contribution in [0.1, 0.15) is 30.1 Å². The van der Waals surface area contributed by atoms with E-state index in [2.05, 4.69) is 27.6 Å². The maximum Gasteiger partial charge on any atom is 0.253 e. The van der Waals surface area contributed by atoms with E-state index in [0.29, 0.717) is 29.0 Å². The fourth-order valence-electron chi connectivity index (χ4n) is 2.03. The molecule has 0 atom stereocenters. The number of anilines is 1. The summed E-state index contributed by atoms with van der Waals surface area (Å²) in [4.78, 5) is 18.5. The smallest absolute Gasteiger partial charge is 0.253 e. The summed E-state index contributed by atoms with van der Waals surface area (Å²) in [7, 11) is 2.09. The van der Waals surface area contributed by atoms with Crippen molar-refractivity contribution in [3.63, 3.8) is 0 Å². The Bertz CT molecular complexity index is 476. The minimum Gasteiger partial charge on any atom is -0.370 e. The van der Waals surface area contributed by atoms with Crippen molar-refractivity contribution in [1.82, 2.24) is 15.2 Å². The minimum absolute atomic E-state index is 0.152. The minimum atomic E-state index is -0.152. The van der Waals surface area contributed by atoms with Gasteiger partial charge in [-0.1, -0.05) is 11.6 Å². The molecule has 6 heteroatoms. The van der Waals surface area contributed by atoms with E-state index in [0.717, 1.165) is 13.1 Å². The summed E-state index contributed by atoms with van der Waals surface area (Å²) in [6.45, 7) is 4.21. The molecule has 110 valence electrons. The van der Waals surface area contributed by atoms with Crippen LogP contribution in [0, 0.1) is 0 Å². The monoisotopic (exact) mass is 296 g/mol. The molecule has 20 heavy (non-hydrogen) atoms. The van der Waals surface area contributed by atoms with Crippen molar-refractivity contribution < 1.29 is 4.79 Å². The quantitative estimate of drug-likeness (QED) is 0.808. The van der Waals surface area contributed by atoms with E-state index in [-0.39, 0.29) is 5.91 Å². The Kier molecular flexibility index (Phi) is 5.20. The molecule has 1 amide bonds. The molecular weight excluding hydrogens is 276 g/mol. The first kappa shape index (κ1) is 15.1. The fourth-order valence-corrected chi connectivity index (χ4v) is 2.22. The second-order valence-corrected chi connectivity index (χ2v) is 5.45. The van der Waals surface area contributed by atoms with Crippen LogP contribution >= 0.6 is 11.6 Å². The maximum atomic E-state index is 12.1. The van der Waals surface area contributed by atoms with Gasteiger partial charge in [-0.25, -0.2) is 4.98 Å². The molecular formula is C14H21ClN4O. The van der Waals surface area contributed by atoms with E-state index in [1.807, 2.05) is 6.92 Å². The van der Waals surface area contributed by atoms with E-state index in [4.69, 9.17) is 11.6 Å². The predicted molar refractivity (Wildman–Crippen MR) is 81.4 cm³/mol. The number of carbonyl (C=O) groups excluding carboxylic acids is 1. The lowest BCUT2D eigenvalue weighted by Crippen LogP contribution is -2.34. The van der Waals surface area contributed by atoms with Crippen molar-refractivity contribution in [3.05, 3.63) is 22.8 Å². The van der Waals surface area contributed by atoms with Crippen LogP contribution in [0.15, 0.2) is 12.3 Å². The van der Waals surface area contributed by atoms with E-state index >= 15 is 0 Å². The van der Waals surface area contributed by atoms with Crippen LogP contribution < -0.4 is 10.6 Å². The van der Waals surface area contributed by atoms with Gasteiger partial charge in [-0.3, -0.25) is 4.79 Å². The molecule has 0 unspecified atom stereocenters. The van der Waals surface area contributed by atoms with Gasteiger partial charge in [0.1, 0.15) is 5.82 Å². The zero-order valence-electron chi connectivity index (χ0n) is 11.9. The molecule has 0 radical (unpaired) electrons. The first-order chi connectivity index (χ1) is 9.61. The SMILES string of the molecule is CCNc1cc(C(=O)NCCN(C)C2CC2)c(Cl)cn1. The van der Waals surface area contributed by atoms with Gasteiger partial charge in [0.05, 0.1) is 10.6 Å². The number of likely N-dealkylation sites (N-methyl/N-ethyl adjacent to an activating group) is 1. The van der Waals surface area contributed by atoms with Gasteiger partial charge in [-0.15, -0.1) is 0 Å². The van der Waals surface area contributed by atoms with Gasteiger partial charge in [0.25, 0.3) is 5.91 Å². The molecule has 1 aliphatic carbocycles. The average Bonchev–Trinajstić information content (AvgIpc) is 3.25. The Morgan fingerprint density at radius 1 is 1.55 bits per heavy atom. The summed E-state index contributed by atoms with van der Waals surface area (Å²) in [5, 5.41) is 6.35. The number of rotatable bonds is 7. The molecule has 0 aromatic carbocycles. The van der Waals surface area contributed by atoms with Gasteiger partial charge >= 0.3 is 0 Å². The third-order valence-electron chi connectivity index (χ3n) is 3.38. The van der Waals surface area contributed by atoms with E-state index in [1.165, 1.54) is 19.0 Å². The molecule has 1 aliphatic rings. The highest BCUT2D eigenvalue weighted by Gasteiger charge is 2.25. The third kappa shape index (κ3) is 4.08. The van der Waals surface area contributed by atoms with Gasteiger partial charge in [0.2, 0.25) is 0 Å². The lowest BCUT2D eigenvalue weighted by atomic mass is 10.2. The molecule has 1 saturated carbocycles. The molecule has 1 fully saturated rings. The highest BCUT2D eigenvalue weighted by atomic mass is 35.5. The number of halogens is 1.